The van der Waals surface area contributed by atoms with Gasteiger partial charge >= 0.3 is 5.97 Å². The molecule has 1 aromatic heterocycles. The Balaban J connectivity index is 1.14. The van der Waals surface area contributed by atoms with Crippen LogP contribution in [0.25, 0.3) is 6.08 Å². The maximum absolute atomic E-state index is 13.6. The molecular formula is C35H36O12S. The van der Waals surface area contributed by atoms with Crippen molar-refractivity contribution in [3.8, 4) is 23.0 Å². The highest BCUT2D eigenvalue weighted by Gasteiger charge is 2.56. The van der Waals surface area contributed by atoms with E-state index in [1.165, 1.54) is 0 Å². The first-order valence-corrected chi connectivity index (χ1v) is 16.7. The summed E-state index contributed by atoms with van der Waals surface area (Å²) in [6, 6.07) is 11.4. The van der Waals surface area contributed by atoms with Crippen LogP contribution in [0.5, 0.6) is 23.0 Å². The molecule has 5 heterocycles. The molecule has 3 aromatic rings. The van der Waals surface area contributed by atoms with Crippen molar-refractivity contribution in [3.05, 3.63) is 75.5 Å². The number of rotatable bonds is 8. The SMILES string of the molecule is C=Cc1c(OC)cc([C@@H]2c3cc4c(cc3[C@@H](O[C@@H]3O[C@@H]5CO[C@@H](Cc6cccs6)O[C@H]5[C@H](O)[C@H]3O)[C@H]3COC(=O)[C@H]23)OCO4)cc1OC. The minimum absolute atomic E-state index is 0.0478. The summed E-state index contributed by atoms with van der Waals surface area (Å²) in [6.45, 7) is 4.17. The average molecular weight is 681 g/mol. The van der Waals surface area contributed by atoms with Crippen molar-refractivity contribution in [2.45, 2.75) is 55.4 Å². The first kappa shape index (κ1) is 31.6. The monoisotopic (exact) mass is 680 g/mol. The van der Waals surface area contributed by atoms with Gasteiger partial charge in [0.25, 0.3) is 0 Å². The van der Waals surface area contributed by atoms with Gasteiger partial charge in [-0.1, -0.05) is 18.7 Å². The number of esters is 1. The fraction of sp³-hybridized carbons (Fsp3) is 0.457. The highest BCUT2D eigenvalue weighted by Crippen LogP contribution is 2.56. The van der Waals surface area contributed by atoms with E-state index in [9.17, 15) is 15.0 Å². The number of aliphatic hydroxyl groups is 2. The van der Waals surface area contributed by atoms with Gasteiger partial charge in [0.2, 0.25) is 6.79 Å². The van der Waals surface area contributed by atoms with E-state index in [1.807, 2.05) is 41.8 Å². The number of methoxy groups -OCH3 is 2. The van der Waals surface area contributed by atoms with E-state index in [-0.39, 0.29) is 26.0 Å². The summed E-state index contributed by atoms with van der Waals surface area (Å²) < 4.78 is 53.5. The van der Waals surface area contributed by atoms with Crippen molar-refractivity contribution < 1.29 is 57.6 Å². The van der Waals surface area contributed by atoms with Crippen LogP contribution in [0.4, 0.5) is 0 Å². The number of hydrogen-bond acceptors (Lipinski definition) is 13. The highest BCUT2D eigenvalue weighted by molar-refractivity contribution is 7.09. The van der Waals surface area contributed by atoms with Crippen molar-refractivity contribution in [2.24, 2.45) is 11.8 Å². The second-order valence-electron chi connectivity index (χ2n) is 12.4. The zero-order valence-electron chi connectivity index (χ0n) is 26.3. The second-order valence-corrected chi connectivity index (χ2v) is 13.4. The molecule has 0 amide bonds. The van der Waals surface area contributed by atoms with Gasteiger partial charge in [-0.15, -0.1) is 11.3 Å². The van der Waals surface area contributed by atoms with Gasteiger partial charge in [-0.2, -0.15) is 0 Å². The van der Waals surface area contributed by atoms with Crippen LogP contribution in [0.15, 0.2) is 48.4 Å². The van der Waals surface area contributed by atoms with Crippen molar-refractivity contribution in [2.75, 3.05) is 34.2 Å². The maximum atomic E-state index is 13.6. The molecule has 0 bridgehead atoms. The summed E-state index contributed by atoms with van der Waals surface area (Å²) in [5.74, 6) is 0.102. The molecule has 12 nitrogen and oxygen atoms in total. The van der Waals surface area contributed by atoms with Crippen LogP contribution in [0, 0.1) is 11.8 Å². The number of fused-ring (bicyclic) bond motifs is 4. The molecule has 254 valence electrons. The molecule has 3 saturated heterocycles. The Morgan fingerprint density at radius 1 is 0.979 bits per heavy atom. The summed E-state index contributed by atoms with van der Waals surface area (Å²) in [7, 11) is 3.13. The van der Waals surface area contributed by atoms with Crippen LogP contribution >= 0.6 is 11.3 Å². The van der Waals surface area contributed by atoms with E-state index < -0.39 is 60.9 Å². The van der Waals surface area contributed by atoms with E-state index in [4.69, 9.17) is 42.6 Å². The molecule has 2 aromatic carbocycles. The Labute approximate surface area is 280 Å². The average Bonchev–Trinajstić information content (AvgIpc) is 3.88. The highest BCUT2D eigenvalue weighted by atomic mass is 32.1. The normalized spacial score (nSPS) is 33.3. The predicted molar refractivity (Wildman–Crippen MR) is 169 cm³/mol. The zero-order chi connectivity index (χ0) is 33.1. The predicted octanol–water partition coefficient (Wildman–Crippen LogP) is 3.56. The minimum Gasteiger partial charge on any atom is -0.496 e. The lowest BCUT2D eigenvalue weighted by Crippen LogP contribution is -2.63. The lowest BCUT2D eigenvalue weighted by molar-refractivity contribution is -0.366. The third-order valence-electron chi connectivity index (χ3n) is 9.87. The smallest absolute Gasteiger partial charge is 0.310 e. The van der Waals surface area contributed by atoms with Gasteiger partial charge in [-0.3, -0.25) is 4.79 Å². The molecule has 3 fully saturated rings. The summed E-state index contributed by atoms with van der Waals surface area (Å²) in [5.41, 5.74) is 2.92. The third kappa shape index (κ3) is 5.25. The van der Waals surface area contributed by atoms with Crippen molar-refractivity contribution in [3.63, 3.8) is 0 Å². The fourth-order valence-corrected chi connectivity index (χ4v) is 8.33. The number of cyclic esters (lactones) is 1. The van der Waals surface area contributed by atoms with E-state index in [2.05, 4.69) is 6.58 Å². The van der Waals surface area contributed by atoms with Crippen LogP contribution in [-0.4, -0.2) is 87.4 Å². The molecule has 5 aliphatic rings. The molecule has 8 rings (SSSR count). The van der Waals surface area contributed by atoms with Crippen LogP contribution in [0.1, 0.15) is 39.2 Å². The minimum atomic E-state index is -1.45. The summed E-state index contributed by atoms with van der Waals surface area (Å²) >= 11 is 1.59. The number of carbonyl (C=O) groups excluding carboxylic acids is 1. The standard InChI is InChI=1S/C35H36O12S/c1-4-18-22(39-2)8-16(9-23(18)40-3)28-19-11-24-25(44-15-43-24)12-20(19)32(21-13-42-34(38)29(21)28)47-35-31(37)30(36)33-26(45-35)14-41-27(46-33)10-17-6-5-7-48-17/h4-9,11-12,21,26-33,35-37H,1,10,13-15H2,2-3H3/t21-,26+,27+,28+,29-,30+,31+,32+,33+,35-/m0/s1. The number of hydrogen-bond donors (Lipinski definition) is 2. The van der Waals surface area contributed by atoms with Crippen molar-refractivity contribution in [1.29, 1.82) is 0 Å². The van der Waals surface area contributed by atoms with E-state index in [1.54, 1.807) is 31.6 Å². The number of aliphatic hydroxyl groups excluding tert-OH is 2. The lowest BCUT2D eigenvalue weighted by Gasteiger charge is -2.48. The molecule has 4 aliphatic heterocycles. The van der Waals surface area contributed by atoms with Crippen LogP contribution < -0.4 is 18.9 Å². The zero-order valence-corrected chi connectivity index (χ0v) is 27.1. The molecule has 10 atom stereocenters. The van der Waals surface area contributed by atoms with Gasteiger partial charge in [0.15, 0.2) is 24.1 Å². The van der Waals surface area contributed by atoms with E-state index >= 15 is 0 Å². The third-order valence-corrected chi connectivity index (χ3v) is 10.8. The van der Waals surface area contributed by atoms with Crippen LogP contribution in [-0.2, 0) is 34.9 Å². The van der Waals surface area contributed by atoms with E-state index in [0.717, 1.165) is 16.0 Å². The Kier molecular flexibility index (Phi) is 8.32. The van der Waals surface area contributed by atoms with Gasteiger partial charge in [0.05, 0.1) is 45.0 Å². The molecule has 0 spiro atoms. The Morgan fingerprint density at radius 3 is 2.42 bits per heavy atom. The van der Waals surface area contributed by atoms with Crippen molar-refractivity contribution >= 4 is 23.4 Å². The van der Waals surface area contributed by atoms with Gasteiger partial charge in [-0.25, -0.2) is 0 Å². The Morgan fingerprint density at radius 2 is 1.73 bits per heavy atom. The van der Waals surface area contributed by atoms with Gasteiger partial charge in [0, 0.05) is 23.1 Å². The molecule has 0 saturated carbocycles. The molecule has 0 radical (unpaired) electrons. The summed E-state index contributed by atoms with van der Waals surface area (Å²) in [6.07, 6.45) is -4.71. The first-order chi connectivity index (χ1) is 23.4. The summed E-state index contributed by atoms with van der Waals surface area (Å²) in [5, 5.41) is 24.6. The van der Waals surface area contributed by atoms with Gasteiger partial charge < -0.3 is 52.8 Å². The number of carbonyl (C=O) groups is 1. The molecule has 2 N–H and O–H groups in total. The Bertz CT molecular complexity index is 1670. The first-order valence-electron chi connectivity index (χ1n) is 15.8. The quantitative estimate of drug-likeness (QED) is 0.336. The molecule has 1 aliphatic carbocycles. The van der Waals surface area contributed by atoms with Crippen LogP contribution in [0.3, 0.4) is 0 Å². The maximum Gasteiger partial charge on any atom is 0.310 e. The number of thiophene rings is 1. The second kappa shape index (κ2) is 12.6. The molecule has 13 heteroatoms. The summed E-state index contributed by atoms with van der Waals surface area (Å²) in [4.78, 5) is 14.7. The number of ether oxygens (including phenoxy) is 9. The largest absolute Gasteiger partial charge is 0.496 e. The van der Waals surface area contributed by atoms with Crippen molar-refractivity contribution in [1.82, 2.24) is 0 Å². The van der Waals surface area contributed by atoms with Gasteiger partial charge in [0.1, 0.15) is 35.9 Å². The van der Waals surface area contributed by atoms with Crippen LogP contribution in [0.2, 0.25) is 0 Å². The molecule has 0 unspecified atom stereocenters. The Hall–Kier alpha value is -3.69. The van der Waals surface area contributed by atoms with E-state index in [0.29, 0.717) is 40.5 Å². The fourth-order valence-electron chi connectivity index (χ4n) is 7.61. The topological polar surface area (TPSA) is 141 Å². The number of benzene rings is 2. The molecular weight excluding hydrogens is 644 g/mol. The van der Waals surface area contributed by atoms with Gasteiger partial charge in [-0.05, 0) is 52.4 Å². The lowest BCUT2D eigenvalue weighted by atomic mass is 9.66. The molecule has 48 heavy (non-hydrogen) atoms.